The molecule has 0 amide bonds. The predicted octanol–water partition coefficient (Wildman–Crippen LogP) is 4.18. The van der Waals surface area contributed by atoms with Gasteiger partial charge in [-0.05, 0) is 43.4 Å². The van der Waals surface area contributed by atoms with Crippen LogP contribution in [0.25, 0.3) is 6.08 Å². The van der Waals surface area contributed by atoms with E-state index in [0.717, 1.165) is 13.0 Å². The van der Waals surface area contributed by atoms with Gasteiger partial charge in [-0.3, -0.25) is 0 Å². The van der Waals surface area contributed by atoms with E-state index in [4.69, 9.17) is 0 Å². The average molecular weight is 243 g/mol. The van der Waals surface area contributed by atoms with Crippen molar-refractivity contribution in [2.45, 2.75) is 52.0 Å². The highest BCUT2D eigenvalue weighted by atomic mass is 14.9. The quantitative estimate of drug-likeness (QED) is 0.757. The van der Waals surface area contributed by atoms with Crippen molar-refractivity contribution in [1.29, 1.82) is 0 Å². The number of hydrogen-bond acceptors (Lipinski definition) is 1. The third-order valence-electron chi connectivity index (χ3n) is 3.66. The Bertz CT molecular complexity index is 406. The van der Waals surface area contributed by atoms with E-state index in [9.17, 15) is 0 Å². The summed E-state index contributed by atoms with van der Waals surface area (Å²) in [7, 11) is 0. The lowest BCUT2D eigenvalue weighted by Crippen LogP contribution is -2.30. The molecule has 0 aliphatic heterocycles. The lowest BCUT2D eigenvalue weighted by atomic mass is 10.0. The van der Waals surface area contributed by atoms with Gasteiger partial charge in [-0.1, -0.05) is 56.2 Å². The van der Waals surface area contributed by atoms with E-state index < -0.39 is 0 Å². The topological polar surface area (TPSA) is 12.0 Å². The van der Waals surface area contributed by atoms with Crippen molar-refractivity contribution in [3.8, 4) is 0 Å². The summed E-state index contributed by atoms with van der Waals surface area (Å²) in [6.07, 6.45) is 8.53. The van der Waals surface area contributed by atoms with Crippen molar-refractivity contribution in [2.24, 2.45) is 0 Å². The highest BCUT2D eigenvalue weighted by molar-refractivity contribution is 5.63. The zero-order valence-corrected chi connectivity index (χ0v) is 11.7. The smallest absolute Gasteiger partial charge is 0.0104 e. The lowest BCUT2D eigenvalue weighted by molar-refractivity contribution is 0.470. The first kappa shape index (κ1) is 13.4. The van der Waals surface area contributed by atoms with Crippen LogP contribution < -0.4 is 5.32 Å². The second-order valence-corrected chi connectivity index (χ2v) is 5.32. The van der Waals surface area contributed by atoms with Crippen LogP contribution in [0.2, 0.25) is 0 Å². The van der Waals surface area contributed by atoms with E-state index >= 15 is 0 Å². The lowest BCUT2D eigenvalue weighted by Gasteiger charge is -2.18. The van der Waals surface area contributed by atoms with Crippen molar-refractivity contribution >= 4 is 6.08 Å². The first-order valence-electron chi connectivity index (χ1n) is 7.34. The van der Waals surface area contributed by atoms with Gasteiger partial charge in [-0.25, -0.2) is 0 Å². The van der Waals surface area contributed by atoms with Gasteiger partial charge in [-0.15, -0.1) is 0 Å². The molecule has 1 nitrogen and oxygen atoms in total. The summed E-state index contributed by atoms with van der Waals surface area (Å²) in [5.41, 5.74) is 4.52. The summed E-state index contributed by atoms with van der Waals surface area (Å²) in [5, 5.41) is 3.68. The molecule has 1 aromatic carbocycles. The molecule has 0 saturated carbocycles. The normalized spacial score (nSPS) is 15.3. The minimum Gasteiger partial charge on any atom is -0.314 e. The minimum atomic E-state index is 0.663. The van der Waals surface area contributed by atoms with Crippen LogP contribution in [0.4, 0.5) is 0 Å². The number of rotatable bonds is 7. The molecule has 1 aliphatic rings. The third kappa shape index (κ3) is 3.46. The Kier molecular flexibility index (Phi) is 5.00. The van der Waals surface area contributed by atoms with Gasteiger partial charge in [0.25, 0.3) is 0 Å². The molecule has 0 spiro atoms. The van der Waals surface area contributed by atoms with E-state index in [1.165, 1.54) is 36.8 Å². The Morgan fingerprint density at radius 3 is 2.72 bits per heavy atom. The van der Waals surface area contributed by atoms with Crippen molar-refractivity contribution < 1.29 is 0 Å². The Balaban J connectivity index is 1.93. The van der Waals surface area contributed by atoms with Crippen LogP contribution in [0.15, 0.2) is 29.8 Å². The van der Waals surface area contributed by atoms with Crippen LogP contribution in [0, 0.1) is 0 Å². The SMILES string of the molecule is CCCNC(CCC)CC1=Cc2ccccc2C1. The van der Waals surface area contributed by atoms with Gasteiger partial charge in [0.1, 0.15) is 0 Å². The molecule has 0 radical (unpaired) electrons. The second kappa shape index (κ2) is 6.75. The molecule has 1 unspecified atom stereocenters. The Morgan fingerprint density at radius 1 is 1.17 bits per heavy atom. The monoisotopic (exact) mass is 243 g/mol. The highest BCUT2D eigenvalue weighted by Gasteiger charge is 2.15. The molecule has 1 heteroatoms. The first-order valence-corrected chi connectivity index (χ1v) is 7.34. The van der Waals surface area contributed by atoms with Gasteiger partial charge in [0.05, 0.1) is 0 Å². The Labute approximate surface area is 111 Å². The minimum absolute atomic E-state index is 0.663. The fraction of sp³-hybridized carbons (Fsp3) is 0.529. The molecule has 18 heavy (non-hydrogen) atoms. The maximum atomic E-state index is 3.68. The van der Waals surface area contributed by atoms with Crippen LogP contribution in [0.1, 0.15) is 50.7 Å². The molecule has 1 atom stereocenters. The molecule has 0 bridgehead atoms. The van der Waals surface area contributed by atoms with Gasteiger partial charge in [0.15, 0.2) is 0 Å². The van der Waals surface area contributed by atoms with Gasteiger partial charge >= 0.3 is 0 Å². The van der Waals surface area contributed by atoms with Crippen molar-refractivity contribution in [3.05, 3.63) is 41.0 Å². The van der Waals surface area contributed by atoms with Crippen molar-refractivity contribution in [2.75, 3.05) is 6.54 Å². The fourth-order valence-corrected chi connectivity index (χ4v) is 2.77. The molecule has 2 rings (SSSR count). The molecular weight excluding hydrogens is 218 g/mol. The molecule has 1 aromatic rings. The van der Waals surface area contributed by atoms with Crippen LogP contribution >= 0.6 is 0 Å². The molecule has 0 saturated heterocycles. The summed E-state index contributed by atoms with van der Waals surface area (Å²) < 4.78 is 0. The van der Waals surface area contributed by atoms with Gasteiger partial charge in [-0.2, -0.15) is 0 Å². The number of nitrogens with one attached hydrogen (secondary N) is 1. The van der Waals surface area contributed by atoms with Crippen molar-refractivity contribution in [1.82, 2.24) is 5.32 Å². The molecule has 0 fully saturated rings. The maximum Gasteiger partial charge on any atom is 0.0104 e. The van der Waals surface area contributed by atoms with E-state index in [1.807, 2.05) is 0 Å². The summed E-state index contributed by atoms with van der Waals surface area (Å²) in [4.78, 5) is 0. The Hall–Kier alpha value is -1.08. The molecule has 0 heterocycles. The summed E-state index contributed by atoms with van der Waals surface area (Å²) in [6, 6.07) is 9.44. The molecule has 0 aromatic heterocycles. The van der Waals surface area contributed by atoms with Gasteiger partial charge in [0.2, 0.25) is 0 Å². The molecule has 98 valence electrons. The summed E-state index contributed by atoms with van der Waals surface area (Å²) >= 11 is 0. The fourth-order valence-electron chi connectivity index (χ4n) is 2.77. The highest BCUT2D eigenvalue weighted by Crippen LogP contribution is 2.27. The molecule has 1 N–H and O–H groups in total. The van der Waals surface area contributed by atoms with Gasteiger partial charge in [0, 0.05) is 6.04 Å². The average Bonchev–Trinajstić information content (AvgIpc) is 2.78. The third-order valence-corrected chi connectivity index (χ3v) is 3.66. The van der Waals surface area contributed by atoms with Crippen LogP contribution in [-0.2, 0) is 6.42 Å². The standard InChI is InChI=1S/C17H25N/c1-3-7-17(18-10-4-2)13-14-11-15-8-5-6-9-16(15)12-14/h5-6,8-9,11,17-18H,3-4,7,10,12-13H2,1-2H3. The number of hydrogen-bond donors (Lipinski definition) is 1. The largest absolute Gasteiger partial charge is 0.314 e. The van der Waals surface area contributed by atoms with Crippen molar-refractivity contribution in [3.63, 3.8) is 0 Å². The maximum absolute atomic E-state index is 3.68. The zero-order chi connectivity index (χ0) is 12.8. The Morgan fingerprint density at radius 2 is 2.00 bits per heavy atom. The molecular formula is C17H25N. The second-order valence-electron chi connectivity index (χ2n) is 5.32. The van der Waals surface area contributed by atoms with Gasteiger partial charge < -0.3 is 5.32 Å². The van der Waals surface area contributed by atoms with Crippen LogP contribution in [-0.4, -0.2) is 12.6 Å². The van der Waals surface area contributed by atoms with E-state index in [0.29, 0.717) is 6.04 Å². The zero-order valence-electron chi connectivity index (χ0n) is 11.7. The van der Waals surface area contributed by atoms with E-state index in [2.05, 4.69) is 49.5 Å². The molecule has 1 aliphatic carbocycles. The van der Waals surface area contributed by atoms with Crippen LogP contribution in [0.3, 0.4) is 0 Å². The number of benzene rings is 1. The van der Waals surface area contributed by atoms with E-state index in [-0.39, 0.29) is 0 Å². The first-order chi connectivity index (χ1) is 8.83. The predicted molar refractivity (Wildman–Crippen MR) is 79.7 cm³/mol. The van der Waals surface area contributed by atoms with E-state index in [1.54, 1.807) is 5.57 Å². The van der Waals surface area contributed by atoms with Crippen LogP contribution in [0.5, 0.6) is 0 Å². The number of fused-ring (bicyclic) bond motifs is 1. The summed E-state index contributed by atoms with van der Waals surface area (Å²) in [6.45, 7) is 5.66. The summed E-state index contributed by atoms with van der Waals surface area (Å²) in [5.74, 6) is 0.